The summed E-state index contributed by atoms with van der Waals surface area (Å²) in [7, 11) is 0. The third kappa shape index (κ3) is 3.00. The molecule has 1 unspecified atom stereocenters. The average Bonchev–Trinajstić information content (AvgIpc) is 3.02. The summed E-state index contributed by atoms with van der Waals surface area (Å²) in [6.45, 7) is 3.41. The van der Waals surface area contributed by atoms with Gasteiger partial charge in [0.15, 0.2) is 0 Å². The second kappa shape index (κ2) is 7.48. The molecule has 158 valence electrons. The first-order chi connectivity index (χ1) is 14.3. The highest BCUT2D eigenvalue weighted by atomic mass is 32.2. The van der Waals surface area contributed by atoms with Crippen molar-refractivity contribution in [3.63, 3.8) is 0 Å². The summed E-state index contributed by atoms with van der Waals surface area (Å²) in [5.74, 6) is -1.69. The molecule has 2 heterocycles. The summed E-state index contributed by atoms with van der Waals surface area (Å²) in [6, 6.07) is 8.97. The fourth-order valence-electron chi connectivity index (χ4n) is 4.13. The highest BCUT2D eigenvalue weighted by Crippen LogP contribution is 2.51. The molecule has 2 aliphatic rings. The van der Waals surface area contributed by atoms with Gasteiger partial charge >= 0.3 is 5.97 Å². The highest BCUT2D eigenvalue weighted by molar-refractivity contribution is 8.01. The molecular formula is C21H22N2O6S. The number of aliphatic hydroxyl groups excluding tert-OH is 1. The largest absolute Gasteiger partial charge is 0.493 e. The Morgan fingerprint density at radius 1 is 1.27 bits per heavy atom. The van der Waals surface area contributed by atoms with Crippen LogP contribution in [-0.2, 0) is 9.59 Å². The van der Waals surface area contributed by atoms with Crippen LogP contribution in [0.5, 0.6) is 5.75 Å². The SMILES string of the molecule is CCOc1ccc2ccccc2c1C(=O)N[C@@H]1C(=O)N2[C@@H]1SC(C)(CO)[C@@H]2C(=O)O. The van der Waals surface area contributed by atoms with Gasteiger partial charge in [-0.1, -0.05) is 30.3 Å². The van der Waals surface area contributed by atoms with Gasteiger partial charge in [0.05, 0.1) is 23.5 Å². The molecule has 2 aromatic rings. The number of carboxylic acids is 1. The molecule has 0 saturated carbocycles. The monoisotopic (exact) mass is 430 g/mol. The maximum absolute atomic E-state index is 13.2. The zero-order valence-electron chi connectivity index (χ0n) is 16.5. The standard InChI is InChI=1S/C21H22N2O6S/c1-3-29-13-9-8-11-6-4-5-7-12(11)14(13)17(25)22-15-18(26)23-16(20(27)28)21(2,10-24)30-19(15)23/h4-9,15-16,19,24H,3,10H2,1-2H3,(H,22,25)(H,27,28)/t15-,16+,19-,21?/m1/s1. The minimum atomic E-state index is -1.17. The van der Waals surface area contributed by atoms with E-state index in [2.05, 4.69) is 5.32 Å². The number of aliphatic hydroxyl groups is 1. The lowest BCUT2D eigenvalue weighted by Gasteiger charge is -2.43. The maximum atomic E-state index is 13.2. The van der Waals surface area contributed by atoms with Gasteiger partial charge in [0.2, 0.25) is 5.91 Å². The van der Waals surface area contributed by atoms with Gasteiger partial charge in [-0.25, -0.2) is 4.79 Å². The molecule has 2 aromatic carbocycles. The fourth-order valence-corrected chi connectivity index (χ4v) is 5.76. The number of benzene rings is 2. The van der Waals surface area contributed by atoms with E-state index in [0.29, 0.717) is 23.3 Å². The van der Waals surface area contributed by atoms with Gasteiger partial charge < -0.3 is 25.2 Å². The number of fused-ring (bicyclic) bond motifs is 2. The Hall–Kier alpha value is -2.78. The Morgan fingerprint density at radius 2 is 2.00 bits per heavy atom. The second-order valence-electron chi connectivity index (χ2n) is 7.51. The van der Waals surface area contributed by atoms with Gasteiger partial charge in [-0.2, -0.15) is 0 Å². The van der Waals surface area contributed by atoms with Crippen LogP contribution in [-0.4, -0.2) is 68.3 Å². The summed E-state index contributed by atoms with van der Waals surface area (Å²) in [4.78, 5) is 38.9. The number of amides is 2. The summed E-state index contributed by atoms with van der Waals surface area (Å²) >= 11 is 1.19. The number of hydrogen-bond acceptors (Lipinski definition) is 6. The van der Waals surface area contributed by atoms with Crippen molar-refractivity contribution in [1.82, 2.24) is 10.2 Å². The van der Waals surface area contributed by atoms with E-state index in [1.165, 1.54) is 16.7 Å². The summed E-state index contributed by atoms with van der Waals surface area (Å²) < 4.78 is 4.60. The molecule has 0 aromatic heterocycles. The van der Waals surface area contributed by atoms with E-state index >= 15 is 0 Å². The molecule has 0 aliphatic carbocycles. The number of aliphatic carboxylic acids is 1. The minimum Gasteiger partial charge on any atom is -0.493 e. The zero-order chi connectivity index (χ0) is 21.6. The van der Waals surface area contributed by atoms with Gasteiger partial charge in [0, 0.05) is 0 Å². The molecule has 8 nitrogen and oxygen atoms in total. The average molecular weight is 430 g/mol. The summed E-state index contributed by atoms with van der Waals surface area (Å²) in [5.41, 5.74) is 0.337. The van der Waals surface area contributed by atoms with E-state index in [9.17, 15) is 24.6 Å². The highest BCUT2D eigenvalue weighted by Gasteiger charge is 2.65. The van der Waals surface area contributed by atoms with Gasteiger partial charge in [-0.3, -0.25) is 9.59 Å². The van der Waals surface area contributed by atoms with Crippen LogP contribution in [0.25, 0.3) is 10.8 Å². The Balaban J connectivity index is 1.64. The fraction of sp³-hybridized carbons (Fsp3) is 0.381. The Bertz CT molecular complexity index is 1040. The molecule has 4 atom stereocenters. The van der Waals surface area contributed by atoms with Crippen molar-refractivity contribution >= 4 is 40.3 Å². The van der Waals surface area contributed by atoms with Crippen LogP contribution in [0, 0.1) is 0 Å². The Morgan fingerprint density at radius 3 is 2.67 bits per heavy atom. The molecule has 4 rings (SSSR count). The first-order valence-corrected chi connectivity index (χ1v) is 10.5. The molecule has 2 saturated heterocycles. The lowest BCUT2D eigenvalue weighted by atomic mass is 9.94. The number of carbonyl (C=O) groups excluding carboxylic acids is 2. The first-order valence-electron chi connectivity index (χ1n) is 9.61. The van der Waals surface area contributed by atoms with E-state index in [0.717, 1.165) is 5.39 Å². The van der Waals surface area contributed by atoms with Crippen LogP contribution in [0.3, 0.4) is 0 Å². The van der Waals surface area contributed by atoms with E-state index in [-0.39, 0.29) is 0 Å². The van der Waals surface area contributed by atoms with Crippen LogP contribution in [0.4, 0.5) is 0 Å². The molecule has 2 aliphatic heterocycles. The lowest BCUT2D eigenvalue weighted by Crippen LogP contribution is -2.70. The quantitative estimate of drug-likeness (QED) is 0.594. The number of β-lactam (4-membered cyclic amide) rings is 1. The topological polar surface area (TPSA) is 116 Å². The maximum Gasteiger partial charge on any atom is 0.328 e. The molecule has 0 radical (unpaired) electrons. The molecule has 0 bridgehead atoms. The van der Waals surface area contributed by atoms with Gasteiger partial charge in [0.1, 0.15) is 23.2 Å². The van der Waals surface area contributed by atoms with Crippen LogP contribution in [0.1, 0.15) is 24.2 Å². The number of ether oxygens (including phenoxy) is 1. The van der Waals surface area contributed by atoms with Crippen molar-refractivity contribution in [2.75, 3.05) is 13.2 Å². The van der Waals surface area contributed by atoms with Crippen LogP contribution < -0.4 is 10.1 Å². The van der Waals surface area contributed by atoms with Crippen molar-refractivity contribution in [2.45, 2.75) is 36.1 Å². The van der Waals surface area contributed by atoms with Gasteiger partial charge in [-0.15, -0.1) is 11.8 Å². The predicted octanol–water partition coefficient (Wildman–Crippen LogP) is 1.46. The van der Waals surface area contributed by atoms with E-state index in [4.69, 9.17) is 4.74 Å². The lowest BCUT2D eigenvalue weighted by molar-refractivity contribution is -0.160. The molecule has 0 spiro atoms. The van der Waals surface area contributed by atoms with Crippen LogP contribution in [0.15, 0.2) is 36.4 Å². The van der Waals surface area contributed by atoms with E-state index < -0.39 is 46.6 Å². The first kappa shape index (κ1) is 20.5. The number of carboxylic acid groups (broad SMARTS) is 1. The normalized spacial score (nSPS) is 27.5. The summed E-state index contributed by atoms with van der Waals surface area (Å²) in [6.07, 6.45) is 0. The van der Waals surface area contributed by atoms with Crippen molar-refractivity contribution in [2.24, 2.45) is 0 Å². The molecule has 30 heavy (non-hydrogen) atoms. The smallest absolute Gasteiger partial charge is 0.328 e. The Kier molecular flexibility index (Phi) is 5.11. The minimum absolute atomic E-state index is 0.337. The number of nitrogens with zero attached hydrogens (tertiary/aromatic N) is 1. The molecule has 3 N–H and O–H groups in total. The van der Waals surface area contributed by atoms with Gasteiger partial charge in [0.25, 0.3) is 5.91 Å². The van der Waals surface area contributed by atoms with E-state index in [1.54, 1.807) is 13.0 Å². The molecule has 2 fully saturated rings. The van der Waals surface area contributed by atoms with Crippen LogP contribution in [0.2, 0.25) is 0 Å². The van der Waals surface area contributed by atoms with Gasteiger partial charge in [-0.05, 0) is 30.7 Å². The van der Waals surface area contributed by atoms with Crippen LogP contribution >= 0.6 is 11.8 Å². The van der Waals surface area contributed by atoms with E-state index in [1.807, 2.05) is 37.3 Å². The number of rotatable bonds is 6. The number of hydrogen-bond donors (Lipinski definition) is 3. The zero-order valence-corrected chi connectivity index (χ0v) is 17.3. The third-order valence-electron chi connectivity index (χ3n) is 5.58. The van der Waals surface area contributed by atoms with Crippen molar-refractivity contribution in [3.8, 4) is 5.75 Å². The molecular weight excluding hydrogens is 408 g/mol. The number of nitrogens with one attached hydrogen (secondary N) is 1. The van der Waals surface area contributed by atoms with Crippen molar-refractivity contribution in [3.05, 3.63) is 42.0 Å². The molecule has 9 heteroatoms. The number of carbonyl (C=O) groups is 3. The third-order valence-corrected chi connectivity index (χ3v) is 7.21. The van der Waals surface area contributed by atoms with Crippen molar-refractivity contribution < 1.29 is 29.3 Å². The second-order valence-corrected chi connectivity index (χ2v) is 9.16. The number of thioether (sulfide) groups is 1. The predicted molar refractivity (Wildman–Crippen MR) is 112 cm³/mol. The van der Waals surface area contributed by atoms with Crippen molar-refractivity contribution in [1.29, 1.82) is 0 Å². The Labute approximate surface area is 177 Å². The molecule has 2 amide bonds. The summed E-state index contributed by atoms with van der Waals surface area (Å²) in [5, 5.41) is 23.1.